The summed E-state index contributed by atoms with van der Waals surface area (Å²) in [4.78, 5) is 11.1. The Morgan fingerprint density at radius 3 is 2.79 bits per heavy atom. The summed E-state index contributed by atoms with van der Waals surface area (Å²) in [6, 6.07) is 0. The number of carbonyl (C=O) groups is 1. The van der Waals surface area contributed by atoms with E-state index in [2.05, 4.69) is 13.5 Å². The Morgan fingerprint density at radius 2 is 2.21 bits per heavy atom. The predicted molar refractivity (Wildman–Crippen MR) is 56.9 cm³/mol. The van der Waals surface area contributed by atoms with Gasteiger partial charge in [-0.2, -0.15) is 0 Å². The molecule has 1 fully saturated rings. The van der Waals surface area contributed by atoms with Gasteiger partial charge in [0.1, 0.15) is 0 Å². The van der Waals surface area contributed by atoms with Crippen LogP contribution in [0.25, 0.3) is 0 Å². The normalized spacial score (nSPS) is 27.0. The minimum absolute atomic E-state index is 0.247. The van der Waals surface area contributed by atoms with Crippen molar-refractivity contribution in [2.45, 2.75) is 39.5 Å². The molecule has 80 valence electrons. The Balaban J connectivity index is 2.24. The summed E-state index contributed by atoms with van der Waals surface area (Å²) < 4.78 is 5.15. The van der Waals surface area contributed by atoms with Gasteiger partial charge in [0.15, 0.2) is 0 Å². The van der Waals surface area contributed by atoms with Crippen molar-refractivity contribution in [1.29, 1.82) is 0 Å². The van der Waals surface area contributed by atoms with Crippen molar-refractivity contribution in [3.05, 3.63) is 12.2 Å². The molecular weight excluding hydrogens is 176 g/mol. The number of hydrogen-bond donors (Lipinski definition) is 0. The van der Waals surface area contributed by atoms with Crippen molar-refractivity contribution < 1.29 is 9.53 Å². The molecule has 0 aromatic carbocycles. The average molecular weight is 196 g/mol. The van der Waals surface area contributed by atoms with Gasteiger partial charge in [0.25, 0.3) is 0 Å². The zero-order valence-corrected chi connectivity index (χ0v) is 9.21. The van der Waals surface area contributed by atoms with Crippen LogP contribution in [-0.4, -0.2) is 12.6 Å². The minimum atomic E-state index is -0.247. The van der Waals surface area contributed by atoms with Crippen LogP contribution in [0.15, 0.2) is 12.2 Å². The number of rotatable bonds is 3. The van der Waals surface area contributed by atoms with Crippen LogP contribution < -0.4 is 0 Å². The van der Waals surface area contributed by atoms with Crippen LogP contribution in [-0.2, 0) is 9.53 Å². The third kappa shape index (κ3) is 3.52. The molecule has 0 spiro atoms. The Morgan fingerprint density at radius 1 is 1.50 bits per heavy atom. The quantitative estimate of drug-likeness (QED) is 0.512. The summed E-state index contributed by atoms with van der Waals surface area (Å²) in [6.45, 7) is 8.10. The van der Waals surface area contributed by atoms with Crippen molar-refractivity contribution in [2.24, 2.45) is 11.8 Å². The lowest BCUT2D eigenvalue weighted by Gasteiger charge is -2.26. The Bertz CT molecular complexity index is 220. The van der Waals surface area contributed by atoms with Gasteiger partial charge >= 0.3 is 5.97 Å². The molecular formula is C12H20O2. The molecule has 1 aliphatic rings. The average Bonchev–Trinajstić information content (AvgIpc) is 2.14. The first-order valence-corrected chi connectivity index (χ1v) is 5.42. The van der Waals surface area contributed by atoms with Gasteiger partial charge in [-0.05, 0) is 31.6 Å². The van der Waals surface area contributed by atoms with Gasteiger partial charge < -0.3 is 4.74 Å². The first-order chi connectivity index (χ1) is 6.59. The van der Waals surface area contributed by atoms with E-state index in [4.69, 9.17) is 4.74 Å². The monoisotopic (exact) mass is 196 g/mol. The first kappa shape index (κ1) is 11.3. The van der Waals surface area contributed by atoms with Crippen molar-refractivity contribution >= 4 is 5.97 Å². The lowest BCUT2D eigenvalue weighted by molar-refractivity contribution is -0.140. The van der Waals surface area contributed by atoms with Crippen LogP contribution >= 0.6 is 0 Å². The van der Waals surface area contributed by atoms with E-state index in [0.717, 1.165) is 5.92 Å². The van der Waals surface area contributed by atoms with Crippen LogP contribution in [0.2, 0.25) is 0 Å². The molecule has 2 unspecified atom stereocenters. The highest BCUT2D eigenvalue weighted by molar-refractivity contribution is 5.86. The van der Waals surface area contributed by atoms with Crippen LogP contribution in [0.5, 0.6) is 0 Å². The maximum absolute atomic E-state index is 11.1. The summed E-state index contributed by atoms with van der Waals surface area (Å²) in [7, 11) is 0. The molecule has 2 heteroatoms. The molecule has 1 rings (SSSR count). The van der Waals surface area contributed by atoms with Crippen LogP contribution in [0.4, 0.5) is 0 Å². The lowest BCUT2D eigenvalue weighted by atomic mass is 9.83. The molecule has 2 atom stereocenters. The lowest BCUT2D eigenvalue weighted by Crippen LogP contribution is -2.20. The first-order valence-electron chi connectivity index (χ1n) is 5.42. The summed E-state index contributed by atoms with van der Waals surface area (Å²) in [6.07, 6.45) is 5.00. The van der Waals surface area contributed by atoms with Gasteiger partial charge in [0.2, 0.25) is 0 Å². The second-order valence-corrected chi connectivity index (χ2v) is 4.52. The zero-order chi connectivity index (χ0) is 10.6. The van der Waals surface area contributed by atoms with E-state index in [1.807, 2.05) is 0 Å². The van der Waals surface area contributed by atoms with E-state index in [-0.39, 0.29) is 5.97 Å². The van der Waals surface area contributed by atoms with Crippen LogP contribution in [0.1, 0.15) is 39.5 Å². The van der Waals surface area contributed by atoms with E-state index in [1.165, 1.54) is 25.7 Å². The summed E-state index contributed by atoms with van der Waals surface area (Å²) in [5.74, 6) is 1.11. The summed E-state index contributed by atoms with van der Waals surface area (Å²) >= 11 is 0. The topological polar surface area (TPSA) is 26.3 Å². The highest BCUT2D eigenvalue weighted by atomic mass is 16.5. The molecule has 0 amide bonds. The Labute approximate surface area is 86.3 Å². The number of carbonyl (C=O) groups excluding carboxylic acids is 1. The Kier molecular flexibility index (Phi) is 4.18. The minimum Gasteiger partial charge on any atom is -0.462 e. The van der Waals surface area contributed by atoms with E-state index in [0.29, 0.717) is 18.1 Å². The molecule has 0 saturated heterocycles. The van der Waals surface area contributed by atoms with Gasteiger partial charge in [-0.15, -0.1) is 0 Å². The van der Waals surface area contributed by atoms with Crippen molar-refractivity contribution in [1.82, 2.24) is 0 Å². The second-order valence-electron chi connectivity index (χ2n) is 4.52. The third-order valence-electron chi connectivity index (χ3n) is 2.84. The number of esters is 1. The van der Waals surface area contributed by atoms with E-state index >= 15 is 0 Å². The second kappa shape index (κ2) is 5.18. The number of hydrogen-bond acceptors (Lipinski definition) is 2. The smallest absolute Gasteiger partial charge is 0.333 e. The molecule has 0 aliphatic heterocycles. The van der Waals surface area contributed by atoms with Gasteiger partial charge in [0, 0.05) is 5.57 Å². The molecule has 0 radical (unpaired) electrons. The van der Waals surface area contributed by atoms with Crippen molar-refractivity contribution in [3.63, 3.8) is 0 Å². The highest BCUT2D eigenvalue weighted by Gasteiger charge is 2.20. The largest absolute Gasteiger partial charge is 0.462 e. The maximum atomic E-state index is 11.1. The molecule has 0 N–H and O–H groups in total. The summed E-state index contributed by atoms with van der Waals surface area (Å²) in [5, 5.41) is 0. The zero-order valence-electron chi connectivity index (χ0n) is 9.21. The van der Waals surface area contributed by atoms with Crippen LogP contribution in [0, 0.1) is 11.8 Å². The van der Waals surface area contributed by atoms with Crippen molar-refractivity contribution in [3.8, 4) is 0 Å². The fraction of sp³-hybridized carbons (Fsp3) is 0.750. The third-order valence-corrected chi connectivity index (χ3v) is 2.84. The molecule has 2 nitrogen and oxygen atoms in total. The van der Waals surface area contributed by atoms with Gasteiger partial charge in [-0.25, -0.2) is 4.79 Å². The van der Waals surface area contributed by atoms with E-state index in [1.54, 1.807) is 6.92 Å². The molecule has 14 heavy (non-hydrogen) atoms. The standard InChI is InChI=1S/C12H20O2/c1-9(2)12(13)14-8-11-6-4-5-10(3)7-11/h10-11H,1,4-8H2,2-3H3. The molecule has 0 aromatic heterocycles. The molecule has 1 aliphatic carbocycles. The van der Waals surface area contributed by atoms with Gasteiger partial charge in [-0.3, -0.25) is 0 Å². The van der Waals surface area contributed by atoms with E-state index in [9.17, 15) is 4.79 Å². The maximum Gasteiger partial charge on any atom is 0.333 e. The predicted octanol–water partition coefficient (Wildman–Crippen LogP) is 2.93. The SMILES string of the molecule is C=C(C)C(=O)OCC1CCCC(C)C1. The van der Waals surface area contributed by atoms with Gasteiger partial charge in [0.05, 0.1) is 6.61 Å². The molecule has 1 saturated carbocycles. The van der Waals surface area contributed by atoms with E-state index < -0.39 is 0 Å². The fourth-order valence-corrected chi connectivity index (χ4v) is 2.03. The number of ether oxygens (including phenoxy) is 1. The van der Waals surface area contributed by atoms with Gasteiger partial charge in [-0.1, -0.05) is 26.3 Å². The van der Waals surface area contributed by atoms with Crippen LogP contribution in [0.3, 0.4) is 0 Å². The fourth-order valence-electron chi connectivity index (χ4n) is 2.03. The molecule has 0 bridgehead atoms. The summed E-state index contributed by atoms with van der Waals surface area (Å²) in [5.41, 5.74) is 0.494. The molecule has 0 aromatic rings. The molecule has 0 heterocycles. The Hall–Kier alpha value is -0.790. The highest BCUT2D eigenvalue weighted by Crippen LogP contribution is 2.28. The van der Waals surface area contributed by atoms with Crippen molar-refractivity contribution in [2.75, 3.05) is 6.61 Å².